The Morgan fingerprint density at radius 2 is 1.83 bits per heavy atom. The van der Waals surface area contributed by atoms with Gasteiger partial charge in [0.1, 0.15) is 5.52 Å². The molecule has 0 unspecified atom stereocenters. The van der Waals surface area contributed by atoms with Crippen molar-refractivity contribution in [3.63, 3.8) is 0 Å². The Kier molecular flexibility index (Phi) is 3.42. The van der Waals surface area contributed by atoms with Crippen LogP contribution in [0.3, 0.4) is 0 Å². The Morgan fingerprint density at radius 3 is 2.58 bits per heavy atom. The lowest BCUT2D eigenvalue weighted by Gasteiger charge is -2.27. The molecule has 1 aliphatic rings. The summed E-state index contributed by atoms with van der Waals surface area (Å²) in [7, 11) is 3.56. The molecule has 1 saturated heterocycles. The minimum absolute atomic E-state index is 0.0461. The lowest BCUT2D eigenvalue weighted by Crippen LogP contribution is -2.41. The van der Waals surface area contributed by atoms with Gasteiger partial charge in [-0.05, 0) is 6.07 Å². The van der Waals surface area contributed by atoms with Crippen LogP contribution in [0.25, 0.3) is 21.8 Å². The maximum absolute atomic E-state index is 13.1. The van der Waals surface area contributed by atoms with E-state index >= 15 is 0 Å². The smallest absolute Gasteiger partial charge is 0.274 e. The molecular formula is C18H19N3O3. The molecule has 0 spiro atoms. The largest absolute Gasteiger partial charge is 0.378 e. The van der Waals surface area contributed by atoms with Crippen molar-refractivity contribution < 1.29 is 9.53 Å². The predicted octanol–water partition coefficient (Wildman–Crippen LogP) is 1.50. The van der Waals surface area contributed by atoms with Crippen LogP contribution in [0.1, 0.15) is 10.4 Å². The first-order valence-electron chi connectivity index (χ1n) is 8.03. The number of fused-ring (bicyclic) bond motifs is 3. The zero-order valence-electron chi connectivity index (χ0n) is 13.8. The summed E-state index contributed by atoms with van der Waals surface area (Å²) in [6.07, 6.45) is 1.66. The molecule has 4 rings (SSSR count). The first-order valence-corrected chi connectivity index (χ1v) is 8.03. The maximum Gasteiger partial charge on any atom is 0.274 e. The fraction of sp³-hybridized carbons (Fsp3) is 0.333. The van der Waals surface area contributed by atoms with Gasteiger partial charge >= 0.3 is 0 Å². The van der Waals surface area contributed by atoms with Crippen LogP contribution in [0.5, 0.6) is 0 Å². The number of hydrogen-bond donors (Lipinski definition) is 0. The number of benzene rings is 1. The third kappa shape index (κ3) is 2.06. The van der Waals surface area contributed by atoms with Gasteiger partial charge < -0.3 is 18.8 Å². The van der Waals surface area contributed by atoms with E-state index in [4.69, 9.17) is 4.74 Å². The predicted molar refractivity (Wildman–Crippen MR) is 92.4 cm³/mol. The van der Waals surface area contributed by atoms with Gasteiger partial charge in [-0.25, -0.2) is 0 Å². The van der Waals surface area contributed by atoms with E-state index in [1.54, 1.807) is 18.1 Å². The second-order valence-corrected chi connectivity index (χ2v) is 6.16. The van der Waals surface area contributed by atoms with Gasteiger partial charge in [0.25, 0.3) is 11.5 Å². The van der Waals surface area contributed by atoms with E-state index in [1.165, 1.54) is 4.57 Å². The van der Waals surface area contributed by atoms with Gasteiger partial charge in [-0.15, -0.1) is 0 Å². The van der Waals surface area contributed by atoms with Gasteiger partial charge in [0.2, 0.25) is 0 Å². The van der Waals surface area contributed by atoms with E-state index < -0.39 is 0 Å². The second-order valence-electron chi connectivity index (χ2n) is 6.16. The van der Waals surface area contributed by atoms with Crippen molar-refractivity contribution in [1.82, 2.24) is 14.0 Å². The van der Waals surface area contributed by atoms with Gasteiger partial charge in [-0.3, -0.25) is 9.59 Å². The standard InChI is InChI=1S/C18H19N3O3/c1-19-11-13(17(22)21-7-9-24-10-8-21)15-12-5-3-4-6-14(12)20(2)16(15)18(19)23/h3-6,11H,7-10H2,1-2H3. The van der Waals surface area contributed by atoms with Gasteiger partial charge in [0.05, 0.1) is 18.8 Å². The maximum atomic E-state index is 13.1. The number of carbonyl (C=O) groups excluding carboxylic acids is 1. The number of ether oxygens (including phenoxy) is 1. The molecule has 6 nitrogen and oxygen atoms in total. The topological polar surface area (TPSA) is 56.5 Å². The number of rotatable bonds is 1. The fourth-order valence-electron chi connectivity index (χ4n) is 3.50. The summed E-state index contributed by atoms with van der Waals surface area (Å²) in [4.78, 5) is 27.5. The normalized spacial score (nSPS) is 15.3. The van der Waals surface area contributed by atoms with Crippen molar-refractivity contribution in [3.05, 3.63) is 46.4 Å². The molecule has 6 heteroatoms. The average Bonchev–Trinajstić information content (AvgIpc) is 2.92. The summed E-state index contributed by atoms with van der Waals surface area (Å²) < 4.78 is 8.71. The highest BCUT2D eigenvalue weighted by Crippen LogP contribution is 2.29. The SMILES string of the molecule is Cn1cc(C(=O)N2CCOCC2)c2c3ccccc3n(C)c2c1=O. The van der Waals surface area contributed by atoms with Crippen LogP contribution in [0.2, 0.25) is 0 Å². The molecule has 0 radical (unpaired) electrons. The molecule has 0 aliphatic carbocycles. The van der Waals surface area contributed by atoms with Crippen molar-refractivity contribution in [2.75, 3.05) is 26.3 Å². The molecule has 3 heterocycles. The number of amides is 1. The molecule has 0 bridgehead atoms. The first-order chi connectivity index (χ1) is 11.6. The van der Waals surface area contributed by atoms with Crippen LogP contribution >= 0.6 is 0 Å². The molecule has 1 fully saturated rings. The minimum atomic E-state index is -0.0952. The van der Waals surface area contributed by atoms with Gasteiger partial charge in [-0.2, -0.15) is 0 Å². The lowest BCUT2D eigenvalue weighted by molar-refractivity contribution is 0.0303. The Morgan fingerprint density at radius 1 is 1.12 bits per heavy atom. The quantitative estimate of drug-likeness (QED) is 0.681. The van der Waals surface area contributed by atoms with E-state index in [0.29, 0.717) is 37.4 Å². The first kappa shape index (κ1) is 15.0. The fourth-order valence-corrected chi connectivity index (χ4v) is 3.50. The van der Waals surface area contributed by atoms with Crippen LogP contribution in [0, 0.1) is 0 Å². The average molecular weight is 325 g/mol. The lowest BCUT2D eigenvalue weighted by atomic mass is 10.1. The number of aromatic nitrogens is 2. The molecule has 1 aromatic carbocycles. The monoisotopic (exact) mass is 325 g/mol. The number of para-hydroxylation sites is 1. The zero-order valence-corrected chi connectivity index (χ0v) is 13.8. The molecule has 3 aromatic rings. The Bertz CT molecular complexity index is 1010. The summed E-state index contributed by atoms with van der Waals surface area (Å²) in [5.74, 6) is -0.0461. The molecule has 124 valence electrons. The Hall–Kier alpha value is -2.60. The third-order valence-corrected chi connectivity index (χ3v) is 4.75. The van der Waals surface area contributed by atoms with E-state index in [0.717, 1.165) is 16.3 Å². The van der Waals surface area contributed by atoms with Crippen molar-refractivity contribution >= 4 is 27.7 Å². The van der Waals surface area contributed by atoms with Crippen LogP contribution < -0.4 is 5.56 Å². The summed E-state index contributed by atoms with van der Waals surface area (Å²) in [5, 5.41) is 1.68. The summed E-state index contributed by atoms with van der Waals surface area (Å²) in [5.41, 5.74) is 2.00. The number of hydrogen-bond acceptors (Lipinski definition) is 3. The van der Waals surface area contributed by atoms with Crippen LogP contribution in [0.15, 0.2) is 35.3 Å². The molecular weight excluding hydrogens is 306 g/mol. The second kappa shape index (κ2) is 5.49. The third-order valence-electron chi connectivity index (χ3n) is 4.75. The molecule has 0 saturated carbocycles. The van der Waals surface area contributed by atoms with Gasteiger partial charge in [0.15, 0.2) is 0 Å². The summed E-state index contributed by atoms with van der Waals surface area (Å²) in [6, 6.07) is 7.81. The van der Waals surface area contributed by atoms with E-state index in [2.05, 4.69) is 0 Å². The number of morpholine rings is 1. The minimum Gasteiger partial charge on any atom is -0.378 e. The summed E-state index contributed by atoms with van der Waals surface area (Å²) in [6.45, 7) is 2.26. The molecule has 1 aliphatic heterocycles. The number of pyridine rings is 1. The Labute approximate surface area is 138 Å². The van der Waals surface area contributed by atoms with Crippen molar-refractivity contribution in [3.8, 4) is 0 Å². The van der Waals surface area contributed by atoms with Crippen molar-refractivity contribution in [1.29, 1.82) is 0 Å². The van der Waals surface area contributed by atoms with E-state index in [-0.39, 0.29) is 11.5 Å². The Balaban J connectivity index is 2.05. The molecule has 0 atom stereocenters. The van der Waals surface area contributed by atoms with Gasteiger partial charge in [0, 0.05) is 49.7 Å². The number of nitrogens with zero attached hydrogens (tertiary/aromatic N) is 3. The summed E-state index contributed by atoms with van der Waals surface area (Å²) >= 11 is 0. The highest BCUT2D eigenvalue weighted by atomic mass is 16.5. The number of aryl methyl sites for hydroxylation is 2. The molecule has 24 heavy (non-hydrogen) atoms. The molecule has 0 N–H and O–H groups in total. The highest BCUT2D eigenvalue weighted by Gasteiger charge is 2.24. The van der Waals surface area contributed by atoms with Crippen LogP contribution in [-0.2, 0) is 18.8 Å². The molecule has 2 aromatic heterocycles. The van der Waals surface area contributed by atoms with E-state index in [9.17, 15) is 9.59 Å². The number of carbonyl (C=O) groups is 1. The van der Waals surface area contributed by atoms with Crippen molar-refractivity contribution in [2.24, 2.45) is 14.1 Å². The van der Waals surface area contributed by atoms with Gasteiger partial charge in [-0.1, -0.05) is 18.2 Å². The van der Waals surface area contributed by atoms with Crippen molar-refractivity contribution in [2.45, 2.75) is 0 Å². The van der Waals surface area contributed by atoms with Crippen LogP contribution in [-0.4, -0.2) is 46.2 Å². The van der Waals surface area contributed by atoms with E-state index in [1.807, 2.05) is 35.9 Å². The highest BCUT2D eigenvalue weighted by molar-refractivity contribution is 6.17. The zero-order chi connectivity index (χ0) is 16.8. The van der Waals surface area contributed by atoms with Crippen LogP contribution in [0.4, 0.5) is 0 Å². The molecule has 1 amide bonds.